The zero-order valence-corrected chi connectivity index (χ0v) is 15.0. The standard InChI is InChI=1S/C22H30/c1-7-22(5,6)20-14-10-18(11-15-20)16-17-8-12-19(13-9-17)21(2,3)4/h8-15H,7,16H2,1-6H3. The van der Waals surface area contributed by atoms with E-state index in [0.29, 0.717) is 0 Å². The van der Waals surface area contributed by atoms with Gasteiger partial charge in [0, 0.05) is 0 Å². The third-order valence-electron chi connectivity index (χ3n) is 4.85. The highest BCUT2D eigenvalue weighted by molar-refractivity contribution is 5.34. The van der Waals surface area contributed by atoms with E-state index in [9.17, 15) is 0 Å². The van der Waals surface area contributed by atoms with Gasteiger partial charge < -0.3 is 0 Å². The van der Waals surface area contributed by atoms with E-state index in [-0.39, 0.29) is 10.8 Å². The Kier molecular flexibility index (Phi) is 4.80. The van der Waals surface area contributed by atoms with Crippen LogP contribution >= 0.6 is 0 Å². The van der Waals surface area contributed by atoms with Gasteiger partial charge >= 0.3 is 0 Å². The average molecular weight is 294 g/mol. The lowest BCUT2D eigenvalue weighted by Gasteiger charge is -2.23. The molecule has 22 heavy (non-hydrogen) atoms. The molecule has 0 atom stereocenters. The second-order valence-corrected chi connectivity index (χ2v) is 8.06. The van der Waals surface area contributed by atoms with Crippen LogP contribution < -0.4 is 0 Å². The molecule has 0 amide bonds. The first-order valence-corrected chi connectivity index (χ1v) is 8.41. The number of hydrogen-bond donors (Lipinski definition) is 0. The topological polar surface area (TPSA) is 0 Å². The molecule has 0 bridgehead atoms. The average Bonchev–Trinajstić information content (AvgIpc) is 2.47. The summed E-state index contributed by atoms with van der Waals surface area (Å²) in [6.07, 6.45) is 2.18. The van der Waals surface area contributed by atoms with Crippen LogP contribution in [0, 0.1) is 0 Å². The molecular weight excluding hydrogens is 264 g/mol. The first-order valence-electron chi connectivity index (χ1n) is 8.41. The summed E-state index contributed by atoms with van der Waals surface area (Å²) in [5.74, 6) is 0. The minimum absolute atomic E-state index is 0.228. The van der Waals surface area contributed by atoms with Crippen LogP contribution in [0.5, 0.6) is 0 Å². The van der Waals surface area contributed by atoms with E-state index in [2.05, 4.69) is 90.1 Å². The molecule has 2 aromatic carbocycles. The first-order chi connectivity index (χ1) is 10.2. The minimum atomic E-state index is 0.228. The normalized spacial score (nSPS) is 12.5. The Labute approximate surface area is 136 Å². The lowest BCUT2D eigenvalue weighted by atomic mass is 9.82. The van der Waals surface area contributed by atoms with E-state index in [1.54, 1.807) is 0 Å². The lowest BCUT2D eigenvalue weighted by molar-refractivity contribution is 0.506. The van der Waals surface area contributed by atoms with Crippen LogP contribution in [-0.2, 0) is 17.3 Å². The molecule has 0 saturated carbocycles. The van der Waals surface area contributed by atoms with Crippen LogP contribution in [-0.4, -0.2) is 0 Å². The SMILES string of the molecule is CCC(C)(C)c1ccc(Cc2ccc(C(C)(C)C)cc2)cc1. The molecule has 0 aliphatic carbocycles. The Hall–Kier alpha value is -1.56. The number of benzene rings is 2. The molecule has 0 aliphatic heterocycles. The zero-order chi connectivity index (χ0) is 16.4. The molecule has 2 aromatic rings. The largest absolute Gasteiger partial charge is 0.0646 e. The summed E-state index contributed by atoms with van der Waals surface area (Å²) in [7, 11) is 0. The van der Waals surface area contributed by atoms with Gasteiger partial charge in [-0.15, -0.1) is 0 Å². The van der Waals surface area contributed by atoms with Crippen LogP contribution in [0.3, 0.4) is 0 Å². The molecule has 0 spiro atoms. The molecule has 0 saturated heterocycles. The van der Waals surface area contributed by atoms with Gasteiger partial charge in [-0.25, -0.2) is 0 Å². The smallest absolute Gasteiger partial charge is 0.00258 e. The Bertz CT molecular complexity index is 592. The summed E-state index contributed by atoms with van der Waals surface area (Å²) in [5, 5.41) is 0. The molecular formula is C22H30. The molecule has 0 aliphatic rings. The van der Waals surface area contributed by atoms with Gasteiger partial charge in [0.2, 0.25) is 0 Å². The fourth-order valence-electron chi connectivity index (χ4n) is 2.64. The molecule has 0 unspecified atom stereocenters. The maximum absolute atomic E-state index is 2.31. The van der Waals surface area contributed by atoms with Gasteiger partial charge in [0.1, 0.15) is 0 Å². The van der Waals surface area contributed by atoms with Crippen molar-refractivity contribution in [3.05, 3.63) is 70.8 Å². The summed E-state index contributed by atoms with van der Waals surface area (Å²) < 4.78 is 0. The third-order valence-corrected chi connectivity index (χ3v) is 4.85. The van der Waals surface area contributed by atoms with E-state index in [0.717, 1.165) is 6.42 Å². The molecule has 0 heteroatoms. The van der Waals surface area contributed by atoms with Crippen molar-refractivity contribution < 1.29 is 0 Å². The summed E-state index contributed by atoms with van der Waals surface area (Å²) >= 11 is 0. The minimum Gasteiger partial charge on any atom is -0.0646 e. The van der Waals surface area contributed by atoms with Gasteiger partial charge in [0.05, 0.1) is 0 Å². The van der Waals surface area contributed by atoms with Gasteiger partial charge in [0.15, 0.2) is 0 Å². The Morgan fingerprint density at radius 3 is 1.41 bits per heavy atom. The fourth-order valence-corrected chi connectivity index (χ4v) is 2.64. The van der Waals surface area contributed by atoms with Crippen LogP contribution in [0.2, 0.25) is 0 Å². The summed E-state index contributed by atoms with van der Waals surface area (Å²) in [5.41, 5.74) is 6.10. The third kappa shape index (κ3) is 4.00. The lowest BCUT2D eigenvalue weighted by Crippen LogP contribution is -2.15. The highest BCUT2D eigenvalue weighted by Crippen LogP contribution is 2.27. The van der Waals surface area contributed by atoms with E-state index in [1.807, 2.05) is 0 Å². The molecule has 0 heterocycles. The van der Waals surface area contributed by atoms with Crippen molar-refractivity contribution in [3.63, 3.8) is 0 Å². The van der Waals surface area contributed by atoms with Crippen molar-refractivity contribution >= 4 is 0 Å². The highest BCUT2D eigenvalue weighted by atomic mass is 14.2. The molecule has 0 N–H and O–H groups in total. The van der Waals surface area contributed by atoms with Crippen LogP contribution in [0.1, 0.15) is 70.2 Å². The maximum atomic E-state index is 2.31. The van der Waals surface area contributed by atoms with Gasteiger partial charge in [-0.2, -0.15) is 0 Å². The molecule has 0 radical (unpaired) electrons. The summed E-state index contributed by atoms with van der Waals surface area (Å²) in [4.78, 5) is 0. The molecule has 2 rings (SSSR count). The summed E-state index contributed by atoms with van der Waals surface area (Å²) in [6, 6.07) is 18.2. The van der Waals surface area contributed by atoms with Crippen molar-refractivity contribution in [1.82, 2.24) is 0 Å². The van der Waals surface area contributed by atoms with Crippen LogP contribution in [0.25, 0.3) is 0 Å². The van der Waals surface area contributed by atoms with Gasteiger partial charge in [-0.05, 0) is 45.9 Å². The Balaban J connectivity index is 2.11. The van der Waals surface area contributed by atoms with Crippen molar-refractivity contribution in [1.29, 1.82) is 0 Å². The Morgan fingerprint density at radius 1 is 0.636 bits per heavy atom. The predicted molar refractivity (Wildman–Crippen MR) is 97.7 cm³/mol. The van der Waals surface area contributed by atoms with Crippen molar-refractivity contribution in [3.8, 4) is 0 Å². The van der Waals surface area contributed by atoms with Gasteiger partial charge in [0.25, 0.3) is 0 Å². The maximum Gasteiger partial charge on any atom is -0.00258 e. The van der Waals surface area contributed by atoms with Crippen LogP contribution in [0.15, 0.2) is 48.5 Å². The second kappa shape index (κ2) is 6.28. The monoisotopic (exact) mass is 294 g/mol. The molecule has 0 nitrogen and oxygen atoms in total. The van der Waals surface area contributed by atoms with Crippen molar-refractivity contribution in [2.45, 2.75) is 65.2 Å². The quantitative estimate of drug-likeness (QED) is 0.624. The second-order valence-electron chi connectivity index (χ2n) is 8.06. The van der Waals surface area contributed by atoms with Crippen LogP contribution in [0.4, 0.5) is 0 Å². The van der Waals surface area contributed by atoms with Crippen molar-refractivity contribution in [2.24, 2.45) is 0 Å². The van der Waals surface area contributed by atoms with E-state index >= 15 is 0 Å². The van der Waals surface area contributed by atoms with Crippen molar-refractivity contribution in [2.75, 3.05) is 0 Å². The van der Waals surface area contributed by atoms with E-state index < -0.39 is 0 Å². The van der Waals surface area contributed by atoms with Gasteiger partial charge in [-0.3, -0.25) is 0 Å². The van der Waals surface area contributed by atoms with E-state index in [1.165, 1.54) is 28.7 Å². The zero-order valence-electron chi connectivity index (χ0n) is 15.0. The highest BCUT2D eigenvalue weighted by Gasteiger charge is 2.17. The van der Waals surface area contributed by atoms with E-state index in [4.69, 9.17) is 0 Å². The molecule has 0 aromatic heterocycles. The summed E-state index contributed by atoms with van der Waals surface area (Å²) in [6.45, 7) is 13.7. The molecule has 0 fully saturated rings. The van der Waals surface area contributed by atoms with Gasteiger partial charge in [-0.1, -0.05) is 90.1 Å². The number of hydrogen-bond acceptors (Lipinski definition) is 0. The Morgan fingerprint density at radius 2 is 1.05 bits per heavy atom. The fraction of sp³-hybridized carbons (Fsp3) is 0.455. The number of rotatable bonds is 4. The predicted octanol–water partition coefficient (Wildman–Crippen LogP) is 6.26. The first kappa shape index (κ1) is 16.8. The molecule has 118 valence electrons.